The normalized spacial score (nSPS) is 16.1. The molecule has 0 N–H and O–H groups in total. The minimum Gasteiger partial charge on any atom is -0.493 e. The lowest BCUT2D eigenvalue weighted by Gasteiger charge is -2.29. The number of rotatable bonds is 3. The second-order valence-electron chi connectivity index (χ2n) is 4.66. The minimum atomic E-state index is 0.439. The molecule has 2 aromatic carbocycles. The van der Waals surface area contributed by atoms with Crippen LogP contribution in [0.4, 0.5) is 0 Å². The fourth-order valence-electron chi connectivity index (χ4n) is 2.38. The molecule has 2 nitrogen and oxygen atoms in total. The monoisotopic (exact) mass is 269 g/mol. The Morgan fingerprint density at radius 1 is 1.26 bits per heavy atom. The van der Waals surface area contributed by atoms with Crippen LogP contribution in [0, 0.1) is 11.3 Å². The molecule has 3 heteroatoms. The number of nitriles is 1. The van der Waals surface area contributed by atoms with Crippen molar-refractivity contribution in [2.24, 2.45) is 0 Å². The summed E-state index contributed by atoms with van der Waals surface area (Å²) in [6.07, 6.45) is 1.07. The van der Waals surface area contributed by atoms with Crippen LogP contribution < -0.4 is 4.74 Å². The van der Waals surface area contributed by atoms with E-state index in [1.165, 1.54) is 11.1 Å². The van der Waals surface area contributed by atoms with Crippen molar-refractivity contribution < 1.29 is 4.74 Å². The van der Waals surface area contributed by atoms with Crippen LogP contribution in [0.3, 0.4) is 0 Å². The third-order valence-corrected chi connectivity index (χ3v) is 3.79. The van der Waals surface area contributed by atoms with Gasteiger partial charge in [-0.2, -0.15) is 5.26 Å². The van der Waals surface area contributed by atoms with Crippen molar-refractivity contribution in [2.45, 2.75) is 12.3 Å². The van der Waals surface area contributed by atoms with E-state index in [2.05, 4.69) is 24.3 Å². The number of hydrogen-bond acceptors (Lipinski definition) is 2. The molecule has 94 valence electrons. The standard InChI is InChI=1S/C16H12ClNO/c17-16-8-14(6-5-12(16)9-18)19-10-13-7-11-3-1-2-4-15(11)13/h1-6,8,13H,7,10H2. The molecule has 0 saturated heterocycles. The average Bonchev–Trinajstić information content (AvgIpc) is 2.40. The third kappa shape index (κ3) is 2.30. The van der Waals surface area contributed by atoms with Gasteiger partial charge in [-0.15, -0.1) is 0 Å². The molecule has 1 atom stereocenters. The maximum absolute atomic E-state index is 8.81. The summed E-state index contributed by atoms with van der Waals surface area (Å²) >= 11 is 5.97. The maximum atomic E-state index is 8.81. The summed E-state index contributed by atoms with van der Waals surface area (Å²) < 4.78 is 5.75. The van der Waals surface area contributed by atoms with Crippen LogP contribution in [0.1, 0.15) is 22.6 Å². The van der Waals surface area contributed by atoms with E-state index in [0.29, 0.717) is 28.9 Å². The van der Waals surface area contributed by atoms with E-state index in [1.807, 2.05) is 6.07 Å². The highest BCUT2D eigenvalue weighted by molar-refractivity contribution is 6.31. The highest BCUT2D eigenvalue weighted by Crippen LogP contribution is 2.35. The van der Waals surface area contributed by atoms with Gasteiger partial charge in [0.2, 0.25) is 0 Å². The lowest BCUT2D eigenvalue weighted by Crippen LogP contribution is -2.23. The molecule has 2 aromatic rings. The molecule has 0 fully saturated rings. The van der Waals surface area contributed by atoms with Gasteiger partial charge in [0.05, 0.1) is 17.2 Å². The summed E-state index contributed by atoms with van der Waals surface area (Å²) in [7, 11) is 0. The van der Waals surface area contributed by atoms with Gasteiger partial charge in [0.1, 0.15) is 11.8 Å². The summed E-state index contributed by atoms with van der Waals surface area (Å²) in [4.78, 5) is 0. The Morgan fingerprint density at radius 2 is 2.11 bits per heavy atom. The van der Waals surface area contributed by atoms with Gasteiger partial charge < -0.3 is 4.74 Å². The van der Waals surface area contributed by atoms with Gasteiger partial charge in [0.25, 0.3) is 0 Å². The fourth-order valence-corrected chi connectivity index (χ4v) is 2.60. The number of benzene rings is 2. The van der Waals surface area contributed by atoms with Crippen LogP contribution in [0.25, 0.3) is 0 Å². The van der Waals surface area contributed by atoms with E-state index in [1.54, 1.807) is 18.2 Å². The largest absolute Gasteiger partial charge is 0.493 e. The lowest BCUT2D eigenvalue weighted by atomic mass is 9.78. The summed E-state index contributed by atoms with van der Waals surface area (Å²) in [5.41, 5.74) is 3.26. The molecule has 1 unspecified atom stereocenters. The predicted molar refractivity (Wildman–Crippen MR) is 74.5 cm³/mol. The second kappa shape index (κ2) is 4.95. The molecule has 19 heavy (non-hydrogen) atoms. The summed E-state index contributed by atoms with van der Waals surface area (Å²) in [6, 6.07) is 15.6. The number of ether oxygens (including phenoxy) is 1. The smallest absolute Gasteiger partial charge is 0.120 e. The Kier molecular flexibility index (Phi) is 3.15. The zero-order valence-corrected chi connectivity index (χ0v) is 11.0. The maximum Gasteiger partial charge on any atom is 0.120 e. The Hall–Kier alpha value is -1.98. The molecule has 0 spiro atoms. The Labute approximate surface area is 117 Å². The van der Waals surface area contributed by atoms with E-state index in [9.17, 15) is 0 Å². The Morgan fingerprint density at radius 3 is 2.84 bits per heavy atom. The zero-order valence-electron chi connectivity index (χ0n) is 10.3. The Balaban J connectivity index is 1.66. The SMILES string of the molecule is N#Cc1ccc(OCC2Cc3ccccc32)cc1Cl. The van der Waals surface area contributed by atoms with E-state index in [0.717, 1.165) is 6.42 Å². The van der Waals surface area contributed by atoms with Crippen molar-refractivity contribution in [2.75, 3.05) is 6.61 Å². The topological polar surface area (TPSA) is 33.0 Å². The molecule has 0 aromatic heterocycles. The molecule has 3 rings (SSSR count). The van der Waals surface area contributed by atoms with Gasteiger partial charge in [-0.3, -0.25) is 0 Å². The number of fused-ring (bicyclic) bond motifs is 1. The Bertz CT molecular complexity index is 660. The van der Waals surface area contributed by atoms with Gasteiger partial charge in [0.15, 0.2) is 0 Å². The van der Waals surface area contributed by atoms with E-state index >= 15 is 0 Å². The molecule has 0 radical (unpaired) electrons. The van der Waals surface area contributed by atoms with E-state index in [4.69, 9.17) is 21.6 Å². The molecule has 0 aliphatic heterocycles. The van der Waals surface area contributed by atoms with Gasteiger partial charge in [-0.1, -0.05) is 35.9 Å². The first-order valence-corrected chi connectivity index (χ1v) is 6.56. The highest BCUT2D eigenvalue weighted by Gasteiger charge is 2.25. The van der Waals surface area contributed by atoms with Crippen molar-refractivity contribution in [3.05, 3.63) is 64.2 Å². The third-order valence-electron chi connectivity index (χ3n) is 3.47. The van der Waals surface area contributed by atoms with Crippen molar-refractivity contribution >= 4 is 11.6 Å². The average molecular weight is 270 g/mol. The number of nitrogens with zero attached hydrogens (tertiary/aromatic N) is 1. The van der Waals surface area contributed by atoms with Crippen LogP contribution in [0.15, 0.2) is 42.5 Å². The predicted octanol–water partition coefficient (Wildman–Crippen LogP) is 3.93. The number of halogens is 1. The lowest BCUT2D eigenvalue weighted by molar-refractivity contribution is 0.275. The van der Waals surface area contributed by atoms with Crippen LogP contribution >= 0.6 is 11.6 Å². The summed E-state index contributed by atoms with van der Waals surface area (Å²) in [5, 5.41) is 9.25. The van der Waals surface area contributed by atoms with Crippen LogP contribution in [0.5, 0.6) is 5.75 Å². The quantitative estimate of drug-likeness (QED) is 0.846. The van der Waals surface area contributed by atoms with Crippen molar-refractivity contribution in [3.63, 3.8) is 0 Å². The molecular formula is C16H12ClNO. The van der Waals surface area contributed by atoms with Crippen molar-refractivity contribution in [3.8, 4) is 11.8 Å². The van der Waals surface area contributed by atoms with Gasteiger partial charge in [0, 0.05) is 12.0 Å². The molecule has 0 amide bonds. The zero-order chi connectivity index (χ0) is 13.2. The second-order valence-corrected chi connectivity index (χ2v) is 5.07. The first kappa shape index (κ1) is 12.1. The van der Waals surface area contributed by atoms with Crippen molar-refractivity contribution in [1.82, 2.24) is 0 Å². The molecule has 0 bridgehead atoms. The summed E-state index contributed by atoms with van der Waals surface area (Å²) in [5.74, 6) is 1.18. The molecule has 1 aliphatic rings. The van der Waals surface area contributed by atoms with Crippen LogP contribution in [0.2, 0.25) is 5.02 Å². The summed E-state index contributed by atoms with van der Waals surface area (Å²) in [6.45, 7) is 0.652. The molecule has 0 heterocycles. The molecular weight excluding hydrogens is 258 g/mol. The van der Waals surface area contributed by atoms with Crippen LogP contribution in [-0.4, -0.2) is 6.61 Å². The molecule has 0 saturated carbocycles. The first-order valence-electron chi connectivity index (χ1n) is 6.18. The van der Waals surface area contributed by atoms with Gasteiger partial charge in [-0.05, 0) is 29.7 Å². The van der Waals surface area contributed by atoms with E-state index < -0.39 is 0 Å². The minimum absolute atomic E-state index is 0.439. The fraction of sp³-hybridized carbons (Fsp3) is 0.188. The van der Waals surface area contributed by atoms with Gasteiger partial charge in [-0.25, -0.2) is 0 Å². The highest BCUT2D eigenvalue weighted by atomic mass is 35.5. The van der Waals surface area contributed by atoms with Gasteiger partial charge >= 0.3 is 0 Å². The van der Waals surface area contributed by atoms with Crippen molar-refractivity contribution in [1.29, 1.82) is 5.26 Å². The van der Waals surface area contributed by atoms with E-state index in [-0.39, 0.29) is 0 Å². The number of hydrogen-bond donors (Lipinski definition) is 0. The molecule has 1 aliphatic carbocycles. The van der Waals surface area contributed by atoms with Crippen LogP contribution in [-0.2, 0) is 6.42 Å². The first-order chi connectivity index (χ1) is 9.28.